The highest BCUT2D eigenvalue weighted by Gasteiger charge is 2.10. The lowest BCUT2D eigenvalue weighted by atomic mass is 10.2. The summed E-state index contributed by atoms with van der Waals surface area (Å²) >= 11 is 0. The Morgan fingerprint density at radius 2 is 1.74 bits per heavy atom. The molecule has 2 aromatic heterocycles. The molecule has 4 rings (SSSR count). The third kappa shape index (κ3) is 2.76. The molecule has 4 aromatic rings. The van der Waals surface area contributed by atoms with Gasteiger partial charge in [0, 0.05) is 17.1 Å². The maximum absolute atomic E-state index is 5.80. The SMILES string of the molecule is c1ccc(-c2nnc(COc3cccc4cccnc34)o2)cc1. The molecule has 0 radical (unpaired) electrons. The molecule has 0 unspecified atom stereocenters. The Morgan fingerprint density at radius 3 is 2.65 bits per heavy atom. The molecule has 0 atom stereocenters. The van der Waals surface area contributed by atoms with Crippen molar-refractivity contribution < 1.29 is 9.15 Å². The van der Waals surface area contributed by atoms with Gasteiger partial charge in [0.05, 0.1) is 0 Å². The molecule has 0 bridgehead atoms. The van der Waals surface area contributed by atoms with E-state index in [4.69, 9.17) is 9.15 Å². The molecule has 0 aliphatic heterocycles. The number of benzene rings is 2. The number of para-hydroxylation sites is 1. The fraction of sp³-hybridized carbons (Fsp3) is 0.0556. The van der Waals surface area contributed by atoms with Crippen LogP contribution in [0, 0.1) is 0 Å². The molecular weight excluding hydrogens is 290 g/mol. The van der Waals surface area contributed by atoms with Crippen molar-refractivity contribution in [3.05, 3.63) is 72.8 Å². The quantitative estimate of drug-likeness (QED) is 0.573. The van der Waals surface area contributed by atoms with Gasteiger partial charge in [-0.2, -0.15) is 0 Å². The predicted molar refractivity (Wildman–Crippen MR) is 85.8 cm³/mol. The van der Waals surface area contributed by atoms with Crippen LogP contribution in [0.15, 0.2) is 71.3 Å². The van der Waals surface area contributed by atoms with Gasteiger partial charge in [-0.25, -0.2) is 0 Å². The Kier molecular flexibility index (Phi) is 3.44. The number of fused-ring (bicyclic) bond motifs is 1. The Morgan fingerprint density at radius 1 is 0.870 bits per heavy atom. The standard InChI is InChI=1S/C18H13N3O2/c1-2-6-14(7-3-1)18-21-20-16(23-18)12-22-15-10-4-8-13-9-5-11-19-17(13)15/h1-11H,12H2. The normalized spacial score (nSPS) is 10.8. The molecule has 0 spiro atoms. The summed E-state index contributed by atoms with van der Waals surface area (Å²) in [6.07, 6.45) is 1.75. The van der Waals surface area contributed by atoms with Gasteiger partial charge >= 0.3 is 0 Å². The summed E-state index contributed by atoms with van der Waals surface area (Å²) in [7, 11) is 0. The minimum atomic E-state index is 0.204. The molecule has 2 aromatic carbocycles. The smallest absolute Gasteiger partial charge is 0.254 e. The lowest BCUT2D eigenvalue weighted by Gasteiger charge is -2.06. The van der Waals surface area contributed by atoms with E-state index in [9.17, 15) is 0 Å². The first-order valence-corrected chi connectivity index (χ1v) is 7.24. The largest absolute Gasteiger partial charge is 0.482 e. The van der Waals surface area contributed by atoms with Crippen LogP contribution in [0.2, 0.25) is 0 Å². The first kappa shape index (κ1) is 13.5. The van der Waals surface area contributed by atoms with Crippen LogP contribution >= 0.6 is 0 Å². The van der Waals surface area contributed by atoms with Crippen LogP contribution < -0.4 is 4.74 Å². The van der Waals surface area contributed by atoms with E-state index in [1.54, 1.807) is 6.20 Å². The van der Waals surface area contributed by atoms with Gasteiger partial charge in [-0.3, -0.25) is 4.98 Å². The second-order valence-corrected chi connectivity index (χ2v) is 4.99. The van der Waals surface area contributed by atoms with E-state index in [1.807, 2.05) is 60.7 Å². The molecule has 0 fully saturated rings. The number of hydrogen-bond acceptors (Lipinski definition) is 5. The van der Waals surface area contributed by atoms with Gasteiger partial charge < -0.3 is 9.15 Å². The van der Waals surface area contributed by atoms with Crippen molar-refractivity contribution in [2.24, 2.45) is 0 Å². The topological polar surface area (TPSA) is 61.0 Å². The van der Waals surface area contributed by atoms with Crippen LogP contribution in [0.4, 0.5) is 0 Å². The summed E-state index contributed by atoms with van der Waals surface area (Å²) in [5.41, 5.74) is 1.70. The average molecular weight is 303 g/mol. The second-order valence-electron chi connectivity index (χ2n) is 4.99. The molecule has 5 nitrogen and oxygen atoms in total. The minimum Gasteiger partial charge on any atom is -0.482 e. The summed E-state index contributed by atoms with van der Waals surface area (Å²) < 4.78 is 11.4. The van der Waals surface area contributed by atoms with E-state index in [0.717, 1.165) is 16.5 Å². The lowest BCUT2D eigenvalue weighted by molar-refractivity contribution is 0.267. The van der Waals surface area contributed by atoms with Gasteiger partial charge in [-0.1, -0.05) is 36.4 Å². The molecule has 0 saturated heterocycles. The van der Waals surface area contributed by atoms with Gasteiger partial charge in [0.15, 0.2) is 6.61 Å². The summed E-state index contributed by atoms with van der Waals surface area (Å²) in [6.45, 7) is 0.204. The Labute approximate surface area is 132 Å². The number of rotatable bonds is 4. The number of pyridine rings is 1. The number of nitrogens with zero attached hydrogens (tertiary/aromatic N) is 3. The van der Waals surface area contributed by atoms with Gasteiger partial charge in [0.25, 0.3) is 5.89 Å². The highest BCUT2D eigenvalue weighted by atomic mass is 16.5. The van der Waals surface area contributed by atoms with Crippen LogP contribution in [0.1, 0.15) is 5.89 Å². The summed E-state index contributed by atoms with van der Waals surface area (Å²) in [6, 6.07) is 19.3. The van der Waals surface area contributed by atoms with Crippen molar-refractivity contribution >= 4 is 10.9 Å². The van der Waals surface area contributed by atoms with Crippen LogP contribution in [0.25, 0.3) is 22.4 Å². The minimum absolute atomic E-state index is 0.204. The van der Waals surface area contributed by atoms with E-state index >= 15 is 0 Å². The van der Waals surface area contributed by atoms with Crippen molar-refractivity contribution in [1.29, 1.82) is 0 Å². The Hall–Kier alpha value is -3.21. The average Bonchev–Trinajstić information content (AvgIpc) is 3.10. The first-order valence-electron chi connectivity index (χ1n) is 7.24. The van der Waals surface area contributed by atoms with Crippen LogP contribution in [-0.4, -0.2) is 15.2 Å². The molecule has 5 heteroatoms. The van der Waals surface area contributed by atoms with Crippen LogP contribution in [0.3, 0.4) is 0 Å². The van der Waals surface area contributed by atoms with Gasteiger partial charge in [0.1, 0.15) is 11.3 Å². The number of aromatic nitrogens is 3. The van der Waals surface area contributed by atoms with Gasteiger partial charge in [0.2, 0.25) is 5.89 Å². The van der Waals surface area contributed by atoms with Crippen molar-refractivity contribution in [2.75, 3.05) is 0 Å². The van der Waals surface area contributed by atoms with Crippen molar-refractivity contribution in [2.45, 2.75) is 6.61 Å². The maximum Gasteiger partial charge on any atom is 0.254 e. The van der Waals surface area contributed by atoms with E-state index in [-0.39, 0.29) is 6.61 Å². The fourth-order valence-corrected chi connectivity index (χ4v) is 2.34. The zero-order valence-electron chi connectivity index (χ0n) is 12.2. The molecule has 0 N–H and O–H groups in total. The van der Waals surface area contributed by atoms with Crippen molar-refractivity contribution in [3.8, 4) is 17.2 Å². The summed E-state index contributed by atoms with van der Waals surface area (Å²) in [5, 5.41) is 9.10. The molecule has 0 saturated carbocycles. The van der Waals surface area contributed by atoms with Crippen molar-refractivity contribution in [3.63, 3.8) is 0 Å². The van der Waals surface area contributed by atoms with Crippen LogP contribution in [0.5, 0.6) is 5.75 Å². The maximum atomic E-state index is 5.80. The fourth-order valence-electron chi connectivity index (χ4n) is 2.34. The van der Waals surface area contributed by atoms with Crippen molar-refractivity contribution in [1.82, 2.24) is 15.2 Å². The first-order chi connectivity index (χ1) is 11.4. The lowest BCUT2D eigenvalue weighted by Crippen LogP contribution is -1.97. The summed E-state index contributed by atoms with van der Waals surface area (Å²) in [4.78, 5) is 4.35. The van der Waals surface area contributed by atoms with E-state index < -0.39 is 0 Å². The monoisotopic (exact) mass is 303 g/mol. The van der Waals surface area contributed by atoms with Gasteiger partial charge in [-0.15, -0.1) is 10.2 Å². The molecule has 0 aliphatic carbocycles. The highest BCUT2D eigenvalue weighted by molar-refractivity contribution is 5.84. The zero-order valence-corrected chi connectivity index (χ0v) is 12.2. The highest BCUT2D eigenvalue weighted by Crippen LogP contribution is 2.24. The summed E-state index contributed by atoms with van der Waals surface area (Å²) in [5.74, 6) is 1.61. The zero-order chi connectivity index (χ0) is 15.5. The van der Waals surface area contributed by atoms with E-state index in [2.05, 4.69) is 15.2 Å². The molecule has 112 valence electrons. The Balaban J connectivity index is 1.54. The predicted octanol–water partition coefficient (Wildman–Crippen LogP) is 3.86. The van der Waals surface area contributed by atoms with Gasteiger partial charge in [-0.05, 0) is 24.3 Å². The molecular formula is C18H13N3O2. The molecule has 0 aliphatic rings. The Bertz CT molecular complexity index is 930. The molecule has 23 heavy (non-hydrogen) atoms. The molecule has 2 heterocycles. The number of hydrogen-bond donors (Lipinski definition) is 0. The van der Waals surface area contributed by atoms with E-state index in [0.29, 0.717) is 17.5 Å². The third-order valence-electron chi connectivity index (χ3n) is 3.43. The second kappa shape index (κ2) is 5.88. The van der Waals surface area contributed by atoms with Crippen LogP contribution in [-0.2, 0) is 6.61 Å². The van der Waals surface area contributed by atoms with E-state index in [1.165, 1.54) is 0 Å². The molecule has 0 amide bonds. The number of ether oxygens (including phenoxy) is 1. The third-order valence-corrected chi connectivity index (χ3v) is 3.43.